The first-order valence-corrected chi connectivity index (χ1v) is 10.4. The zero-order chi connectivity index (χ0) is 21.5. The van der Waals surface area contributed by atoms with Gasteiger partial charge in [-0.1, -0.05) is 48.3 Å². The highest BCUT2D eigenvalue weighted by Gasteiger charge is 2.45. The molecule has 5 rings (SSSR count). The van der Waals surface area contributed by atoms with Crippen LogP contribution in [0.25, 0.3) is 11.0 Å². The maximum Gasteiger partial charge on any atom is 0.297 e. The monoisotopic (exact) mass is 431 g/mol. The average Bonchev–Trinajstić information content (AvgIpc) is 3.34. The van der Waals surface area contributed by atoms with Gasteiger partial charge in [-0.3, -0.25) is 14.5 Å². The molecule has 0 saturated heterocycles. The molecule has 1 aliphatic rings. The third-order valence-electron chi connectivity index (χ3n) is 5.06. The number of nitrogens with zero attached hydrogens (tertiary/aromatic N) is 3. The highest BCUT2D eigenvalue weighted by Crippen LogP contribution is 2.42. The summed E-state index contributed by atoms with van der Waals surface area (Å²) in [5.74, 6) is 0.288. The largest absolute Gasteiger partial charge is 0.490 e. The number of fused-ring (bicyclic) bond motifs is 2. The lowest BCUT2D eigenvalue weighted by molar-refractivity contribution is 0.0970. The van der Waals surface area contributed by atoms with E-state index in [0.29, 0.717) is 34.0 Å². The number of ether oxygens (including phenoxy) is 1. The highest BCUT2D eigenvalue weighted by molar-refractivity contribution is 7.15. The van der Waals surface area contributed by atoms with Gasteiger partial charge in [0.25, 0.3) is 5.91 Å². The Bertz CT molecular complexity index is 1370. The van der Waals surface area contributed by atoms with Crippen molar-refractivity contribution in [3.05, 3.63) is 93.3 Å². The molecule has 0 aliphatic carbocycles. The van der Waals surface area contributed by atoms with Crippen molar-refractivity contribution in [3.8, 4) is 5.75 Å². The fourth-order valence-corrected chi connectivity index (χ4v) is 4.43. The molecular formula is C23H17N3O4S. The van der Waals surface area contributed by atoms with Crippen molar-refractivity contribution in [1.82, 2.24) is 10.2 Å². The Morgan fingerprint density at radius 1 is 1.16 bits per heavy atom. The lowest BCUT2D eigenvalue weighted by Crippen LogP contribution is -2.29. The number of amides is 1. The molecule has 0 bridgehead atoms. The van der Waals surface area contributed by atoms with Gasteiger partial charge in [-0.15, -0.1) is 10.2 Å². The number of benzene rings is 2. The predicted molar refractivity (Wildman–Crippen MR) is 118 cm³/mol. The van der Waals surface area contributed by atoms with E-state index in [4.69, 9.17) is 9.15 Å². The number of aromatic nitrogens is 2. The lowest BCUT2D eigenvalue weighted by Gasteiger charge is -2.22. The molecular weight excluding hydrogens is 414 g/mol. The molecule has 0 fully saturated rings. The minimum Gasteiger partial charge on any atom is -0.490 e. The number of para-hydroxylation sites is 1. The summed E-state index contributed by atoms with van der Waals surface area (Å²) in [5.41, 5.74) is 1.19. The van der Waals surface area contributed by atoms with Crippen LogP contribution in [0.15, 0.2) is 70.4 Å². The summed E-state index contributed by atoms with van der Waals surface area (Å²) < 4.78 is 11.5. The van der Waals surface area contributed by atoms with E-state index in [9.17, 15) is 9.59 Å². The van der Waals surface area contributed by atoms with Crippen molar-refractivity contribution < 1.29 is 13.9 Å². The van der Waals surface area contributed by atoms with E-state index in [1.807, 2.05) is 19.1 Å². The molecule has 7 nitrogen and oxygen atoms in total. The Hall–Kier alpha value is -3.78. The summed E-state index contributed by atoms with van der Waals surface area (Å²) in [5, 5.41) is 9.77. The maximum absolute atomic E-state index is 13.4. The van der Waals surface area contributed by atoms with Crippen LogP contribution in [0.5, 0.6) is 5.75 Å². The van der Waals surface area contributed by atoms with Crippen LogP contribution in [0.2, 0.25) is 0 Å². The van der Waals surface area contributed by atoms with Gasteiger partial charge < -0.3 is 9.15 Å². The van der Waals surface area contributed by atoms with Gasteiger partial charge in [0.2, 0.25) is 10.9 Å². The standard InChI is InChI=1S/C23H17N3O4S/c1-3-12-29-15-10-8-14(9-11-15)19-18-20(27)16-6-4-5-7-17(16)30-21(18)22(28)26(19)23-25-24-13(2)31-23/h3-11,19H,1,12H2,2H3. The fourth-order valence-electron chi connectivity index (χ4n) is 3.72. The first-order valence-electron chi connectivity index (χ1n) is 9.61. The van der Waals surface area contributed by atoms with E-state index in [1.54, 1.807) is 42.5 Å². The first-order chi connectivity index (χ1) is 15.1. The molecule has 2 aromatic carbocycles. The SMILES string of the molecule is C=CCOc1ccc(C2c3c(oc4ccccc4c3=O)C(=O)N2c2nnc(C)s2)cc1. The van der Waals surface area contributed by atoms with Gasteiger partial charge in [-0.05, 0) is 36.8 Å². The van der Waals surface area contributed by atoms with E-state index in [2.05, 4.69) is 16.8 Å². The molecule has 1 unspecified atom stereocenters. The van der Waals surface area contributed by atoms with E-state index in [-0.39, 0.29) is 11.2 Å². The molecule has 31 heavy (non-hydrogen) atoms. The summed E-state index contributed by atoms with van der Waals surface area (Å²) in [6.45, 7) is 5.84. The van der Waals surface area contributed by atoms with Crippen molar-refractivity contribution in [3.63, 3.8) is 0 Å². The van der Waals surface area contributed by atoms with Gasteiger partial charge in [-0.2, -0.15) is 0 Å². The molecule has 0 spiro atoms. The zero-order valence-corrected chi connectivity index (χ0v) is 17.4. The number of hydrogen-bond acceptors (Lipinski definition) is 7. The van der Waals surface area contributed by atoms with Gasteiger partial charge in [0, 0.05) is 0 Å². The highest BCUT2D eigenvalue weighted by atomic mass is 32.1. The van der Waals surface area contributed by atoms with Crippen LogP contribution in [-0.4, -0.2) is 22.7 Å². The van der Waals surface area contributed by atoms with Crippen LogP contribution in [0.3, 0.4) is 0 Å². The Labute approximate surface area is 181 Å². The predicted octanol–water partition coefficient (Wildman–Crippen LogP) is 4.27. The van der Waals surface area contributed by atoms with Crippen LogP contribution in [0.1, 0.15) is 32.7 Å². The minimum absolute atomic E-state index is 0.0357. The summed E-state index contributed by atoms with van der Waals surface area (Å²) in [7, 11) is 0. The van der Waals surface area contributed by atoms with Crippen molar-refractivity contribution in [1.29, 1.82) is 0 Å². The zero-order valence-electron chi connectivity index (χ0n) is 16.6. The van der Waals surface area contributed by atoms with Crippen LogP contribution in [0.4, 0.5) is 5.13 Å². The Morgan fingerprint density at radius 3 is 2.65 bits per heavy atom. The van der Waals surface area contributed by atoms with Gasteiger partial charge >= 0.3 is 0 Å². The molecule has 1 amide bonds. The normalized spacial score (nSPS) is 15.3. The first kappa shape index (κ1) is 19.2. The van der Waals surface area contributed by atoms with Crippen molar-refractivity contribution in [2.75, 3.05) is 11.5 Å². The van der Waals surface area contributed by atoms with Crippen LogP contribution >= 0.6 is 11.3 Å². The van der Waals surface area contributed by atoms with E-state index in [1.165, 1.54) is 16.2 Å². The third-order valence-corrected chi connectivity index (χ3v) is 5.90. The smallest absolute Gasteiger partial charge is 0.297 e. The quantitative estimate of drug-likeness (QED) is 0.439. The second kappa shape index (κ2) is 7.48. The Morgan fingerprint density at radius 2 is 1.94 bits per heavy atom. The number of carbonyl (C=O) groups is 1. The molecule has 3 heterocycles. The molecule has 1 atom stereocenters. The maximum atomic E-state index is 13.4. The number of anilines is 1. The van der Waals surface area contributed by atoms with E-state index >= 15 is 0 Å². The molecule has 0 N–H and O–H groups in total. The van der Waals surface area contributed by atoms with Crippen molar-refractivity contribution >= 4 is 33.3 Å². The van der Waals surface area contributed by atoms with E-state index in [0.717, 1.165) is 10.6 Å². The lowest BCUT2D eigenvalue weighted by atomic mass is 9.98. The Kier molecular flexibility index (Phi) is 4.63. The number of carbonyl (C=O) groups excluding carboxylic acids is 1. The number of rotatable bonds is 5. The number of hydrogen-bond donors (Lipinski definition) is 0. The molecule has 1 aliphatic heterocycles. The summed E-state index contributed by atoms with van der Waals surface area (Å²) in [6.07, 6.45) is 1.66. The van der Waals surface area contributed by atoms with E-state index < -0.39 is 11.9 Å². The van der Waals surface area contributed by atoms with Gasteiger partial charge in [0.1, 0.15) is 22.9 Å². The van der Waals surface area contributed by atoms with Gasteiger partial charge in [0.05, 0.1) is 17.0 Å². The molecule has 2 aromatic heterocycles. The topological polar surface area (TPSA) is 85.5 Å². The average molecular weight is 431 g/mol. The molecule has 0 saturated carbocycles. The molecule has 4 aromatic rings. The summed E-state index contributed by atoms with van der Waals surface area (Å²) in [6, 6.07) is 13.5. The van der Waals surface area contributed by atoms with Crippen molar-refractivity contribution in [2.45, 2.75) is 13.0 Å². The summed E-state index contributed by atoms with van der Waals surface area (Å²) >= 11 is 1.29. The van der Waals surface area contributed by atoms with Crippen molar-refractivity contribution in [2.24, 2.45) is 0 Å². The third kappa shape index (κ3) is 3.12. The van der Waals surface area contributed by atoms with Gasteiger partial charge in [-0.25, -0.2) is 0 Å². The second-order valence-electron chi connectivity index (χ2n) is 7.02. The molecule has 154 valence electrons. The molecule has 0 radical (unpaired) electrons. The minimum atomic E-state index is -0.677. The Balaban J connectivity index is 1.71. The summed E-state index contributed by atoms with van der Waals surface area (Å²) in [4.78, 5) is 28.3. The van der Waals surface area contributed by atoms with Crippen LogP contribution in [0, 0.1) is 6.92 Å². The fraction of sp³-hybridized carbons (Fsp3) is 0.130. The second-order valence-corrected chi connectivity index (χ2v) is 8.18. The number of aryl methyl sites for hydroxylation is 1. The molecule has 8 heteroatoms. The van der Waals surface area contributed by atoms with Gasteiger partial charge in [0.15, 0.2) is 5.43 Å². The van der Waals surface area contributed by atoms with Crippen LogP contribution < -0.4 is 15.1 Å². The van der Waals surface area contributed by atoms with Crippen LogP contribution in [-0.2, 0) is 0 Å².